The van der Waals surface area contributed by atoms with Crippen LogP contribution in [0.4, 0.5) is 5.69 Å². The number of benzene rings is 3. The van der Waals surface area contributed by atoms with Crippen LogP contribution in [-0.4, -0.2) is 5.11 Å². The highest BCUT2D eigenvalue weighted by atomic mass is 16.3. The molecule has 0 heterocycles. The van der Waals surface area contributed by atoms with Crippen LogP contribution in [0.1, 0.15) is 11.1 Å². The summed E-state index contributed by atoms with van der Waals surface area (Å²) in [5.74, 6) is 0.144. The van der Waals surface area contributed by atoms with E-state index in [-0.39, 0.29) is 5.75 Å². The summed E-state index contributed by atoms with van der Waals surface area (Å²) in [4.78, 5) is 0. The second-order valence-corrected chi connectivity index (χ2v) is 5.52. The Morgan fingerprint density at radius 2 is 1.42 bits per heavy atom. The largest absolute Gasteiger partial charge is 0.508 e. The lowest BCUT2D eigenvalue weighted by atomic mass is 10.0. The zero-order valence-electron chi connectivity index (χ0n) is 13.3. The standard InChI is InChI=1S/C20H19N3O/c21-19-12-20(24)17(11-18(19)16-9-5-2-6-10-16)14-23-22-13-15-7-3-1-4-8-15/h1-12,24H,13-14,21H2. The first-order valence-corrected chi connectivity index (χ1v) is 7.78. The number of azo groups is 1. The summed E-state index contributed by atoms with van der Waals surface area (Å²) in [6.07, 6.45) is 0. The number of hydrogen-bond donors (Lipinski definition) is 2. The predicted molar refractivity (Wildman–Crippen MR) is 96.7 cm³/mol. The first-order valence-electron chi connectivity index (χ1n) is 7.78. The molecule has 0 amide bonds. The molecule has 0 saturated heterocycles. The molecule has 4 heteroatoms. The number of nitrogen functional groups attached to an aromatic ring is 1. The summed E-state index contributed by atoms with van der Waals surface area (Å²) in [6.45, 7) is 0.848. The molecule has 24 heavy (non-hydrogen) atoms. The smallest absolute Gasteiger partial charge is 0.122 e. The molecule has 0 radical (unpaired) electrons. The lowest BCUT2D eigenvalue weighted by molar-refractivity contribution is 0.468. The Kier molecular flexibility index (Phi) is 4.87. The lowest BCUT2D eigenvalue weighted by Gasteiger charge is -2.10. The molecular weight excluding hydrogens is 298 g/mol. The molecule has 4 nitrogen and oxygen atoms in total. The van der Waals surface area contributed by atoms with Crippen LogP contribution in [0.5, 0.6) is 5.75 Å². The number of anilines is 1. The average Bonchev–Trinajstić information content (AvgIpc) is 2.62. The third kappa shape index (κ3) is 3.79. The molecule has 0 aromatic heterocycles. The Morgan fingerprint density at radius 3 is 2.12 bits per heavy atom. The van der Waals surface area contributed by atoms with E-state index in [1.807, 2.05) is 66.7 Å². The third-order valence-electron chi connectivity index (χ3n) is 3.77. The normalized spacial score (nSPS) is 11.0. The minimum absolute atomic E-state index is 0.144. The van der Waals surface area contributed by atoms with Gasteiger partial charge in [0.2, 0.25) is 0 Å². The third-order valence-corrected chi connectivity index (χ3v) is 3.77. The fourth-order valence-electron chi connectivity index (χ4n) is 2.48. The zero-order chi connectivity index (χ0) is 16.8. The van der Waals surface area contributed by atoms with Crippen molar-refractivity contribution in [1.29, 1.82) is 0 Å². The fraction of sp³-hybridized carbons (Fsp3) is 0.100. The molecule has 0 fully saturated rings. The molecule has 0 unspecified atom stereocenters. The van der Waals surface area contributed by atoms with E-state index < -0.39 is 0 Å². The molecule has 0 spiro atoms. The number of aromatic hydroxyl groups is 1. The van der Waals surface area contributed by atoms with Crippen molar-refractivity contribution in [1.82, 2.24) is 0 Å². The molecule has 0 aliphatic carbocycles. The van der Waals surface area contributed by atoms with Gasteiger partial charge in [0, 0.05) is 22.9 Å². The Bertz CT molecular complexity index is 830. The van der Waals surface area contributed by atoms with Crippen LogP contribution in [0, 0.1) is 0 Å². The van der Waals surface area contributed by atoms with Crippen LogP contribution >= 0.6 is 0 Å². The molecular formula is C20H19N3O. The van der Waals surface area contributed by atoms with E-state index in [0.29, 0.717) is 24.3 Å². The lowest BCUT2D eigenvalue weighted by Crippen LogP contribution is -1.93. The average molecular weight is 317 g/mol. The number of phenolic OH excluding ortho intramolecular Hbond substituents is 1. The van der Waals surface area contributed by atoms with Gasteiger partial charge in [0.25, 0.3) is 0 Å². The number of phenols is 1. The summed E-state index contributed by atoms with van der Waals surface area (Å²) in [5, 5.41) is 18.5. The second kappa shape index (κ2) is 7.42. The maximum atomic E-state index is 10.1. The number of rotatable bonds is 5. The van der Waals surface area contributed by atoms with E-state index in [2.05, 4.69) is 10.2 Å². The second-order valence-electron chi connectivity index (χ2n) is 5.52. The van der Waals surface area contributed by atoms with Crippen LogP contribution in [-0.2, 0) is 13.1 Å². The van der Waals surface area contributed by atoms with Crippen molar-refractivity contribution in [2.24, 2.45) is 10.2 Å². The van der Waals surface area contributed by atoms with E-state index in [9.17, 15) is 5.11 Å². The van der Waals surface area contributed by atoms with Gasteiger partial charge in [-0.25, -0.2) is 0 Å². The quantitative estimate of drug-likeness (QED) is 0.524. The Labute approximate surface area is 141 Å². The number of nitrogens with zero attached hydrogens (tertiary/aromatic N) is 2. The minimum atomic E-state index is 0.144. The van der Waals surface area contributed by atoms with Gasteiger partial charge in [0.1, 0.15) is 5.75 Å². The predicted octanol–water partition coefficient (Wildman–Crippen LogP) is 4.79. The molecule has 0 atom stereocenters. The van der Waals surface area contributed by atoms with E-state index >= 15 is 0 Å². The topological polar surface area (TPSA) is 71.0 Å². The van der Waals surface area contributed by atoms with Gasteiger partial charge in [0.15, 0.2) is 0 Å². The number of hydrogen-bond acceptors (Lipinski definition) is 4. The molecule has 120 valence electrons. The van der Waals surface area contributed by atoms with Crippen molar-refractivity contribution in [3.05, 3.63) is 83.9 Å². The highest BCUT2D eigenvalue weighted by Crippen LogP contribution is 2.32. The highest BCUT2D eigenvalue weighted by Gasteiger charge is 2.08. The van der Waals surface area contributed by atoms with Crippen LogP contribution in [0.3, 0.4) is 0 Å². The first kappa shape index (κ1) is 15.7. The van der Waals surface area contributed by atoms with Crippen LogP contribution in [0.25, 0.3) is 11.1 Å². The van der Waals surface area contributed by atoms with Gasteiger partial charge >= 0.3 is 0 Å². The summed E-state index contributed by atoms with van der Waals surface area (Å²) in [5.41, 5.74) is 10.3. The van der Waals surface area contributed by atoms with Gasteiger partial charge < -0.3 is 10.8 Å². The van der Waals surface area contributed by atoms with Crippen molar-refractivity contribution < 1.29 is 5.11 Å². The SMILES string of the molecule is Nc1cc(O)c(CN=NCc2ccccc2)cc1-c1ccccc1. The summed E-state index contributed by atoms with van der Waals surface area (Å²) in [7, 11) is 0. The number of nitrogens with two attached hydrogens (primary N) is 1. The van der Waals surface area contributed by atoms with Crippen molar-refractivity contribution >= 4 is 5.69 Å². The van der Waals surface area contributed by atoms with Gasteiger partial charge in [-0.2, -0.15) is 10.2 Å². The van der Waals surface area contributed by atoms with Gasteiger partial charge in [-0.05, 0) is 17.2 Å². The Hall–Kier alpha value is -3.14. The minimum Gasteiger partial charge on any atom is -0.508 e. The summed E-state index contributed by atoms with van der Waals surface area (Å²) in [6, 6.07) is 23.2. The van der Waals surface area contributed by atoms with Crippen LogP contribution in [0.2, 0.25) is 0 Å². The fourth-order valence-corrected chi connectivity index (χ4v) is 2.48. The first-order chi connectivity index (χ1) is 11.7. The van der Waals surface area contributed by atoms with Crippen LogP contribution < -0.4 is 5.73 Å². The molecule has 0 bridgehead atoms. The molecule has 0 aliphatic rings. The highest BCUT2D eigenvalue weighted by molar-refractivity contribution is 5.78. The molecule has 3 aromatic rings. The maximum Gasteiger partial charge on any atom is 0.122 e. The van der Waals surface area contributed by atoms with Crippen molar-refractivity contribution in [2.75, 3.05) is 5.73 Å². The maximum absolute atomic E-state index is 10.1. The van der Waals surface area contributed by atoms with E-state index in [1.54, 1.807) is 6.07 Å². The van der Waals surface area contributed by atoms with Crippen LogP contribution in [0.15, 0.2) is 83.0 Å². The molecule has 3 aromatic carbocycles. The van der Waals surface area contributed by atoms with Crippen molar-refractivity contribution in [3.63, 3.8) is 0 Å². The van der Waals surface area contributed by atoms with Crippen molar-refractivity contribution in [3.8, 4) is 16.9 Å². The molecule has 3 rings (SSSR count). The van der Waals surface area contributed by atoms with E-state index in [0.717, 1.165) is 16.7 Å². The van der Waals surface area contributed by atoms with Gasteiger partial charge in [-0.3, -0.25) is 0 Å². The van der Waals surface area contributed by atoms with Gasteiger partial charge in [-0.15, -0.1) is 0 Å². The molecule has 0 aliphatic heterocycles. The summed E-state index contributed by atoms with van der Waals surface area (Å²) < 4.78 is 0. The van der Waals surface area contributed by atoms with E-state index in [4.69, 9.17) is 5.73 Å². The molecule has 3 N–H and O–H groups in total. The Morgan fingerprint density at radius 1 is 0.792 bits per heavy atom. The zero-order valence-corrected chi connectivity index (χ0v) is 13.3. The molecule has 0 saturated carbocycles. The monoisotopic (exact) mass is 317 g/mol. The Balaban J connectivity index is 1.76. The van der Waals surface area contributed by atoms with Gasteiger partial charge in [-0.1, -0.05) is 60.7 Å². The van der Waals surface area contributed by atoms with Crippen molar-refractivity contribution in [2.45, 2.75) is 13.1 Å². The summed E-state index contributed by atoms with van der Waals surface area (Å²) >= 11 is 0. The van der Waals surface area contributed by atoms with Gasteiger partial charge in [0.05, 0.1) is 13.1 Å². The van der Waals surface area contributed by atoms with E-state index in [1.165, 1.54) is 0 Å².